The van der Waals surface area contributed by atoms with E-state index >= 15 is 0 Å². The second-order valence-electron chi connectivity index (χ2n) is 4.30. The number of hydrogen-bond donors (Lipinski definition) is 3. The zero-order valence-corrected chi connectivity index (χ0v) is 12.2. The van der Waals surface area contributed by atoms with Crippen molar-refractivity contribution >= 4 is 23.8 Å². The minimum Gasteiger partial charge on any atom is -0.504 e. The number of benzene rings is 1. The summed E-state index contributed by atoms with van der Waals surface area (Å²) in [4.78, 5) is 27.1. The minimum absolute atomic E-state index is 0.0107. The van der Waals surface area contributed by atoms with Crippen molar-refractivity contribution in [1.29, 1.82) is 0 Å². The zero-order chi connectivity index (χ0) is 16.7. The van der Waals surface area contributed by atoms with E-state index in [1.54, 1.807) is 24.3 Å². The number of ether oxygens (including phenoxy) is 1. The number of aromatic hydroxyl groups is 1. The molecule has 0 bridgehead atoms. The van der Waals surface area contributed by atoms with Crippen LogP contribution in [0.5, 0.6) is 11.5 Å². The molecule has 8 heteroatoms. The Morgan fingerprint density at radius 2 is 2.09 bits per heavy atom. The van der Waals surface area contributed by atoms with E-state index in [9.17, 15) is 14.7 Å². The van der Waals surface area contributed by atoms with Crippen LogP contribution >= 0.6 is 0 Å². The number of aromatic nitrogens is 1. The fourth-order valence-corrected chi connectivity index (χ4v) is 1.60. The largest absolute Gasteiger partial charge is 0.504 e. The van der Waals surface area contributed by atoms with Gasteiger partial charge in [-0.1, -0.05) is 6.07 Å². The average molecular weight is 314 g/mol. The molecule has 1 heterocycles. The molecule has 1 aromatic carbocycles. The predicted molar refractivity (Wildman–Crippen MR) is 83.3 cm³/mol. The van der Waals surface area contributed by atoms with Crippen LogP contribution in [0, 0.1) is 0 Å². The average Bonchev–Trinajstić information content (AvgIpc) is 2.57. The molecule has 118 valence electrons. The number of nitrogens with one attached hydrogen (secondary N) is 2. The van der Waals surface area contributed by atoms with Crippen molar-refractivity contribution in [3.8, 4) is 11.5 Å². The first kappa shape index (κ1) is 16.0. The van der Waals surface area contributed by atoms with Gasteiger partial charge in [0.05, 0.1) is 13.3 Å². The molecule has 0 aliphatic heterocycles. The molecule has 0 radical (unpaired) electrons. The number of hydrazone groups is 1. The van der Waals surface area contributed by atoms with Gasteiger partial charge in [0.1, 0.15) is 5.82 Å². The molecule has 2 amide bonds. The predicted octanol–water partition coefficient (Wildman–Crippen LogP) is 0.885. The smallest absolute Gasteiger partial charge is 0.329 e. The molecule has 0 atom stereocenters. The van der Waals surface area contributed by atoms with Gasteiger partial charge >= 0.3 is 11.8 Å². The highest BCUT2D eigenvalue weighted by molar-refractivity contribution is 6.39. The van der Waals surface area contributed by atoms with Crippen LogP contribution in [0.2, 0.25) is 0 Å². The highest BCUT2D eigenvalue weighted by Crippen LogP contribution is 2.25. The van der Waals surface area contributed by atoms with E-state index in [4.69, 9.17) is 4.74 Å². The summed E-state index contributed by atoms with van der Waals surface area (Å²) in [6.07, 6.45) is 2.80. The summed E-state index contributed by atoms with van der Waals surface area (Å²) in [5, 5.41) is 15.5. The standard InChI is InChI=1S/C15H14N4O4/c1-23-12-8-10(5-6-11(12)20)9-17-19-15(22)14(21)18-13-4-2-3-7-16-13/h2-9,20H,1H3,(H,19,22)(H,16,18,21). The number of hydrogen-bond acceptors (Lipinski definition) is 6. The highest BCUT2D eigenvalue weighted by Gasteiger charge is 2.13. The van der Waals surface area contributed by atoms with Crippen molar-refractivity contribution in [1.82, 2.24) is 10.4 Å². The van der Waals surface area contributed by atoms with Crippen molar-refractivity contribution in [3.63, 3.8) is 0 Å². The minimum atomic E-state index is -0.933. The molecular weight excluding hydrogens is 300 g/mol. The maximum absolute atomic E-state index is 11.6. The lowest BCUT2D eigenvalue weighted by molar-refractivity contribution is -0.136. The molecule has 2 aromatic rings. The van der Waals surface area contributed by atoms with Crippen LogP contribution in [-0.2, 0) is 9.59 Å². The second-order valence-corrected chi connectivity index (χ2v) is 4.30. The number of carbonyl (C=O) groups excluding carboxylic acids is 2. The third-order valence-electron chi connectivity index (χ3n) is 2.70. The van der Waals surface area contributed by atoms with Crippen LogP contribution in [0.25, 0.3) is 0 Å². The zero-order valence-electron chi connectivity index (χ0n) is 12.2. The quantitative estimate of drug-likeness (QED) is 0.440. The lowest BCUT2D eigenvalue weighted by Crippen LogP contribution is -2.32. The molecule has 8 nitrogen and oxygen atoms in total. The maximum Gasteiger partial charge on any atom is 0.329 e. The summed E-state index contributed by atoms with van der Waals surface area (Å²) in [5.41, 5.74) is 2.66. The molecule has 0 unspecified atom stereocenters. The Bertz CT molecular complexity index is 732. The van der Waals surface area contributed by atoms with Crippen molar-refractivity contribution in [2.45, 2.75) is 0 Å². The second kappa shape index (κ2) is 7.55. The van der Waals surface area contributed by atoms with Gasteiger partial charge in [-0.15, -0.1) is 0 Å². The van der Waals surface area contributed by atoms with Gasteiger partial charge in [-0.05, 0) is 35.9 Å². The molecule has 1 aromatic heterocycles. The van der Waals surface area contributed by atoms with Crippen LogP contribution in [0.15, 0.2) is 47.7 Å². The Morgan fingerprint density at radius 1 is 1.26 bits per heavy atom. The number of anilines is 1. The summed E-state index contributed by atoms with van der Waals surface area (Å²) >= 11 is 0. The molecule has 0 aliphatic rings. The number of rotatable bonds is 4. The van der Waals surface area contributed by atoms with E-state index in [0.29, 0.717) is 5.56 Å². The van der Waals surface area contributed by atoms with Gasteiger partial charge < -0.3 is 15.2 Å². The Hall–Kier alpha value is -3.42. The summed E-state index contributed by atoms with van der Waals surface area (Å²) in [7, 11) is 1.42. The van der Waals surface area contributed by atoms with Crippen molar-refractivity contribution < 1.29 is 19.4 Å². The number of amides is 2. The van der Waals surface area contributed by atoms with Crippen LogP contribution in [0.4, 0.5) is 5.82 Å². The lowest BCUT2D eigenvalue weighted by Gasteiger charge is -2.04. The van der Waals surface area contributed by atoms with Crippen LogP contribution in [0.1, 0.15) is 5.56 Å². The molecule has 0 saturated heterocycles. The molecule has 0 fully saturated rings. The van der Waals surface area contributed by atoms with Gasteiger partial charge in [0.2, 0.25) is 0 Å². The van der Waals surface area contributed by atoms with Crippen LogP contribution in [0.3, 0.4) is 0 Å². The molecule has 2 rings (SSSR count). The topological polar surface area (TPSA) is 113 Å². The van der Waals surface area contributed by atoms with E-state index in [0.717, 1.165) is 0 Å². The number of carbonyl (C=O) groups is 2. The maximum atomic E-state index is 11.6. The van der Waals surface area contributed by atoms with E-state index < -0.39 is 11.8 Å². The number of pyridine rings is 1. The third kappa shape index (κ3) is 4.53. The molecule has 0 spiro atoms. The molecule has 23 heavy (non-hydrogen) atoms. The van der Waals surface area contributed by atoms with Gasteiger partial charge in [-0.3, -0.25) is 9.59 Å². The lowest BCUT2D eigenvalue weighted by atomic mass is 10.2. The van der Waals surface area contributed by atoms with Crippen molar-refractivity contribution in [2.24, 2.45) is 5.10 Å². The molecular formula is C15H14N4O4. The first-order valence-corrected chi connectivity index (χ1v) is 6.52. The highest BCUT2D eigenvalue weighted by atomic mass is 16.5. The first-order valence-electron chi connectivity index (χ1n) is 6.52. The number of methoxy groups -OCH3 is 1. The fourth-order valence-electron chi connectivity index (χ4n) is 1.60. The molecule has 3 N–H and O–H groups in total. The van der Waals surface area contributed by atoms with Crippen molar-refractivity contribution in [2.75, 3.05) is 12.4 Å². The van der Waals surface area contributed by atoms with Gasteiger partial charge in [-0.25, -0.2) is 10.4 Å². The van der Waals surface area contributed by atoms with E-state index in [2.05, 4.69) is 20.8 Å². The Labute approximate surface area is 131 Å². The first-order chi connectivity index (χ1) is 11.1. The van der Waals surface area contributed by atoms with E-state index in [1.807, 2.05) is 0 Å². The summed E-state index contributed by atoms with van der Waals surface area (Å²) in [6.45, 7) is 0. The Morgan fingerprint density at radius 3 is 2.78 bits per heavy atom. The van der Waals surface area contributed by atoms with Crippen LogP contribution < -0.4 is 15.5 Å². The Balaban J connectivity index is 1.92. The summed E-state index contributed by atoms with van der Waals surface area (Å²) in [5.74, 6) is -1.29. The SMILES string of the molecule is COc1cc(C=NNC(=O)C(=O)Nc2ccccn2)ccc1O. The molecule has 0 aliphatic carbocycles. The van der Waals surface area contributed by atoms with E-state index in [-0.39, 0.29) is 17.3 Å². The number of phenols is 1. The fraction of sp³-hybridized carbons (Fsp3) is 0.0667. The van der Waals surface area contributed by atoms with Gasteiger partial charge in [0.15, 0.2) is 11.5 Å². The Kier molecular flexibility index (Phi) is 5.24. The van der Waals surface area contributed by atoms with Gasteiger partial charge in [0.25, 0.3) is 0 Å². The molecule has 0 saturated carbocycles. The normalized spacial score (nSPS) is 10.3. The van der Waals surface area contributed by atoms with Crippen molar-refractivity contribution in [3.05, 3.63) is 48.2 Å². The van der Waals surface area contributed by atoms with Gasteiger partial charge in [0, 0.05) is 6.20 Å². The third-order valence-corrected chi connectivity index (χ3v) is 2.70. The van der Waals surface area contributed by atoms with Gasteiger partial charge in [-0.2, -0.15) is 5.10 Å². The summed E-state index contributed by atoms with van der Waals surface area (Å²) in [6, 6.07) is 9.44. The summed E-state index contributed by atoms with van der Waals surface area (Å²) < 4.78 is 4.95. The van der Waals surface area contributed by atoms with E-state index in [1.165, 1.54) is 31.7 Å². The number of phenolic OH excluding ortho intramolecular Hbond substituents is 1. The number of nitrogens with zero attached hydrogens (tertiary/aromatic N) is 2. The van der Waals surface area contributed by atoms with Crippen LogP contribution in [-0.4, -0.2) is 35.2 Å². The monoisotopic (exact) mass is 314 g/mol.